The maximum atomic E-state index is 11.3. The Morgan fingerprint density at radius 3 is 3.00 bits per heavy atom. The fourth-order valence-corrected chi connectivity index (χ4v) is 3.69. The highest BCUT2D eigenvalue weighted by atomic mass is 16.6. The molecule has 0 aromatic rings. The van der Waals surface area contributed by atoms with E-state index in [-0.39, 0.29) is 23.4 Å². The molecule has 3 rings (SSSR count). The van der Waals surface area contributed by atoms with Gasteiger partial charge in [-0.3, -0.25) is 4.79 Å². The Morgan fingerprint density at radius 1 is 1.50 bits per heavy atom. The molecule has 1 N–H and O–H groups in total. The van der Waals surface area contributed by atoms with Crippen LogP contribution in [0.1, 0.15) is 39.5 Å². The first-order valence-corrected chi connectivity index (χ1v) is 6.08. The van der Waals surface area contributed by atoms with Crippen molar-refractivity contribution in [3.05, 3.63) is 11.6 Å². The molecule has 3 heteroatoms. The minimum Gasteiger partial charge on any atom is -0.458 e. The summed E-state index contributed by atoms with van der Waals surface area (Å²) in [5.74, 6) is -0.0648. The van der Waals surface area contributed by atoms with Crippen molar-refractivity contribution in [2.24, 2.45) is 11.3 Å². The van der Waals surface area contributed by atoms with Crippen molar-refractivity contribution in [1.82, 2.24) is 0 Å². The van der Waals surface area contributed by atoms with E-state index in [1.165, 1.54) is 0 Å². The first-order valence-electron chi connectivity index (χ1n) is 6.08. The van der Waals surface area contributed by atoms with E-state index in [0.717, 1.165) is 24.8 Å². The molecule has 88 valence electrons. The molecule has 0 spiro atoms. The van der Waals surface area contributed by atoms with Crippen LogP contribution in [-0.2, 0) is 9.53 Å². The van der Waals surface area contributed by atoms with E-state index in [0.29, 0.717) is 6.42 Å². The summed E-state index contributed by atoms with van der Waals surface area (Å²) in [6.07, 6.45) is 5.26. The minimum absolute atomic E-state index is 0.102. The molecule has 1 saturated heterocycles. The monoisotopic (exact) mass is 222 g/mol. The van der Waals surface area contributed by atoms with Gasteiger partial charge < -0.3 is 9.84 Å². The minimum atomic E-state index is -0.915. The second kappa shape index (κ2) is 2.89. The zero-order valence-corrected chi connectivity index (χ0v) is 9.82. The number of hydrogen-bond acceptors (Lipinski definition) is 3. The van der Waals surface area contributed by atoms with E-state index >= 15 is 0 Å². The van der Waals surface area contributed by atoms with Crippen LogP contribution in [0.2, 0.25) is 0 Å². The van der Waals surface area contributed by atoms with E-state index < -0.39 is 5.60 Å². The van der Waals surface area contributed by atoms with Crippen LogP contribution in [0.25, 0.3) is 0 Å². The van der Waals surface area contributed by atoms with Crippen LogP contribution in [0.5, 0.6) is 0 Å². The Morgan fingerprint density at radius 2 is 2.25 bits per heavy atom. The normalized spacial score (nSPS) is 44.7. The molecular formula is C13H18O3. The average Bonchev–Trinajstić information content (AvgIpc) is 2.65. The maximum absolute atomic E-state index is 11.3. The molecule has 3 atom stereocenters. The predicted molar refractivity (Wildman–Crippen MR) is 58.7 cm³/mol. The van der Waals surface area contributed by atoms with Crippen LogP contribution in [0.15, 0.2) is 11.6 Å². The van der Waals surface area contributed by atoms with Gasteiger partial charge in [-0.05, 0) is 24.8 Å². The van der Waals surface area contributed by atoms with E-state index in [1.807, 2.05) is 0 Å². The van der Waals surface area contributed by atoms with E-state index in [2.05, 4.69) is 19.9 Å². The number of aliphatic hydroxyl groups is 1. The van der Waals surface area contributed by atoms with Gasteiger partial charge in [0.05, 0.1) is 6.42 Å². The lowest BCUT2D eigenvalue weighted by atomic mass is 9.62. The number of carbonyl (C=O) groups is 1. The second-order valence-corrected chi connectivity index (χ2v) is 5.97. The number of carbonyl (C=O) groups excluding carboxylic acids is 1. The summed E-state index contributed by atoms with van der Waals surface area (Å²) >= 11 is 0. The van der Waals surface area contributed by atoms with Crippen molar-refractivity contribution in [2.75, 3.05) is 0 Å². The average molecular weight is 222 g/mol. The molecule has 0 unspecified atom stereocenters. The van der Waals surface area contributed by atoms with Gasteiger partial charge in [-0.25, -0.2) is 0 Å². The first kappa shape index (κ1) is 10.3. The summed E-state index contributed by atoms with van der Waals surface area (Å²) in [5.41, 5.74) is -0.00493. The first-order chi connectivity index (χ1) is 7.45. The van der Waals surface area contributed by atoms with Crippen LogP contribution < -0.4 is 0 Å². The number of ether oxygens (including phenoxy) is 1. The molecule has 0 radical (unpaired) electrons. The van der Waals surface area contributed by atoms with Crippen LogP contribution in [-0.4, -0.2) is 22.8 Å². The smallest absolute Gasteiger partial charge is 0.306 e. The third kappa shape index (κ3) is 1.05. The number of fused-ring (bicyclic) bond motifs is 3. The van der Waals surface area contributed by atoms with E-state index in [4.69, 9.17) is 4.74 Å². The highest BCUT2D eigenvalue weighted by molar-refractivity contribution is 5.74. The molecule has 2 aliphatic carbocycles. The summed E-state index contributed by atoms with van der Waals surface area (Å²) in [5, 5.41) is 11.0. The van der Waals surface area contributed by atoms with Crippen molar-refractivity contribution in [2.45, 2.75) is 51.2 Å². The molecular weight excluding hydrogens is 204 g/mol. The Bertz CT molecular complexity index is 383. The number of hydrogen-bond donors (Lipinski definition) is 1. The summed E-state index contributed by atoms with van der Waals surface area (Å²) in [7, 11) is 0. The van der Waals surface area contributed by atoms with Crippen molar-refractivity contribution >= 4 is 5.97 Å². The van der Waals surface area contributed by atoms with Gasteiger partial charge in [0.15, 0.2) is 0 Å². The highest BCUT2D eigenvalue weighted by Gasteiger charge is 2.62. The Labute approximate surface area is 95.5 Å². The zero-order chi connectivity index (χ0) is 11.6. The van der Waals surface area contributed by atoms with Crippen LogP contribution in [0.4, 0.5) is 0 Å². The van der Waals surface area contributed by atoms with Gasteiger partial charge in [-0.15, -0.1) is 0 Å². The number of esters is 1. The van der Waals surface area contributed by atoms with Crippen molar-refractivity contribution in [3.63, 3.8) is 0 Å². The van der Waals surface area contributed by atoms with Gasteiger partial charge >= 0.3 is 5.97 Å². The summed E-state index contributed by atoms with van der Waals surface area (Å²) < 4.78 is 5.35. The van der Waals surface area contributed by atoms with Gasteiger partial charge in [0.25, 0.3) is 0 Å². The molecule has 16 heavy (non-hydrogen) atoms. The molecule has 1 aliphatic heterocycles. The lowest BCUT2D eigenvalue weighted by Crippen LogP contribution is -2.55. The van der Waals surface area contributed by atoms with Gasteiger partial charge in [0, 0.05) is 11.3 Å². The van der Waals surface area contributed by atoms with Crippen molar-refractivity contribution < 1.29 is 14.6 Å². The Kier molecular flexibility index (Phi) is 1.87. The van der Waals surface area contributed by atoms with Crippen molar-refractivity contribution in [3.8, 4) is 0 Å². The zero-order valence-electron chi connectivity index (χ0n) is 9.82. The summed E-state index contributed by atoms with van der Waals surface area (Å²) in [4.78, 5) is 11.3. The van der Waals surface area contributed by atoms with Gasteiger partial charge in [-0.1, -0.05) is 19.9 Å². The molecule has 2 fully saturated rings. The third-order valence-corrected chi connectivity index (χ3v) is 4.65. The predicted octanol–water partition coefficient (Wildman–Crippen LogP) is 1.80. The van der Waals surface area contributed by atoms with Gasteiger partial charge in [0.2, 0.25) is 0 Å². The van der Waals surface area contributed by atoms with Crippen LogP contribution >= 0.6 is 0 Å². The number of rotatable bonds is 0. The second-order valence-electron chi connectivity index (χ2n) is 5.97. The fraction of sp³-hybridized carbons (Fsp3) is 0.769. The molecule has 3 aliphatic rings. The SMILES string of the molecule is CC1(C)CCCC2=C[C@@H]3CC(=O)O[C@@H]3[C@@]21O. The van der Waals surface area contributed by atoms with Crippen LogP contribution in [0, 0.1) is 11.3 Å². The van der Waals surface area contributed by atoms with Crippen molar-refractivity contribution in [1.29, 1.82) is 0 Å². The van der Waals surface area contributed by atoms with Crippen LogP contribution in [0.3, 0.4) is 0 Å². The fourth-order valence-electron chi connectivity index (χ4n) is 3.69. The topological polar surface area (TPSA) is 46.5 Å². The molecule has 1 saturated carbocycles. The molecule has 0 bridgehead atoms. The van der Waals surface area contributed by atoms with Gasteiger partial charge in [0.1, 0.15) is 11.7 Å². The summed E-state index contributed by atoms with van der Waals surface area (Å²) in [6, 6.07) is 0. The third-order valence-electron chi connectivity index (χ3n) is 4.65. The molecule has 1 heterocycles. The standard InChI is InChI=1S/C13H18O3/c1-12(2)5-3-4-9-6-8-7-10(14)16-11(8)13(9,12)15/h6,8,11,15H,3-5,7H2,1-2H3/t8-,11+,13+/m1/s1. The molecule has 0 aromatic carbocycles. The van der Waals surface area contributed by atoms with E-state index in [9.17, 15) is 9.90 Å². The summed E-state index contributed by atoms with van der Waals surface area (Å²) in [6.45, 7) is 4.16. The molecule has 0 aromatic heterocycles. The maximum Gasteiger partial charge on any atom is 0.306 e. The molecule has 3 nitrogen and oxygen atoms in total. The Hall–Kier alpha value is -0.830. The highest BCUT2D eigenvalue weighted by Crippen LogP contribution is 2.56. The van der Waals surface area contributed by atoms with E-state index in [1.54, 1.807) is 0 Å². The quantitative estimate of drug-likeness (QED) is 0.502. The molecule has 0 amide bonds. The lowest BCUT2D eigenvalue weighted by Gasteiger charge is -2.48. The Balaban J connectivity index is 2.06. The lowest BCUT2D eigenvalue weighted by molar-refractivity contribution is -0.165. The van der Waals surface area contributed by atoms with Gasteiger partial charge in [-0.2, -0.15) is 0 Å². The largest absolute Gasteiger partial charge is 0.458 e.